The topological polar surface area (TPSA) is 33.3 Å². The molecule has 0 spiro atoms. The van der Waals surface area contributed by atoms with Gasteiger partial charge in [-0.2, -0.15) is 0 Å². The third-order valence-corrected chi connectivity index (χ3v) is 2.11. The van der Waals surface area contributed by atoms with Crippen LogP contribution >= 0.6 is 0 Å². The molecule has 0 aromatic heterocycles. The fraction of sp³-hybridized carbons (Fsp3) is 0.400. The van der Waals surface area contributed by atoms with Crippen LogP contribution in [0.4, 0.5) is 10.1 Å². The average Bonchev–Trinajstić information content (AvgIpc) is 2.23. The molecule has 2 N–H and O–H groups in total. The highest BCUT2D eigenvalue weighted by atomic mass is 19.1. The van der Waals surface area contributed by atoms with Crippen LogP contribution in [0.15, 0.2) is 24.3 Å². The molecule has 76 valence electrons. The van der Waals surface area contributed by atoms with E-state index in [2.05, 4.69) is 10.6 Å². The van der Waals surface area contributed by atoms with E-state index in [0.29, 0.717) is 6.61 Å². The Morgan fingerprint density at radius 1 is 1.36 bits per heavy atom. The summed E-state index contributed by atoms with van der Waals surface area (Å²) in [5.41, 5.74) is 0.898. The molecule has 0 aliphatic carbocycles. The van der Waals surface area contributed by atoms with Crippen LogP contribution in [0, 0.1) is 5.82 Å². The Kier molecular flexibility index (Phi) is 2.96. The average molecular weight is 196 g/mol. The maximum atomic E-state index is 12.6. The molecule has 0 radical (unpaired) electrons. The van der Waals surface area contributed by atoms with E-state index in [9.17, 15) is 4.39 Å². The molecule has 14 heavy (non-hydrogen) atoms. The molecule has 1 atom stereocenters. The summed E-state index contributed by atoms with van der Waals surface area (Å²) in [6.07, 6.45) is 0.120. The van der Waals surface area contributed by atoms with E-state index in [1.54, 1.807) is 12.1 Å². The van der Waals surface area contributed by atoms with Gasteiger partial charge in [-0.15, -0.1) is 0 Å². The fourth-order valence-corrected chi connectivity index (χ4v) is 1.41. The first-order valence-electron chi connectivity index (χ1n) is 4.68. The predicted molar refractivity (Wildman–Crippen MR) is 52.6 cm³/mol. The van der Waals surface area contributed by atoms with Gasteiger partial charge in [0.05, 0.1) is 13.2 Å². The van der Waals surface area contributed by atoms with Crippen LogP contribution < -0.4 is 10.6 Å². The zero-order valence-corrected chi connectivity index (χ0v) is 7.79. The molecule has 0 saturated carbocycles. The predicted octanol–water partition coefficient (Wildman–Crippen LogP) is 1.18. The molecule has 1 unspecified atom stereocenters. The summed E-state index contributed by atoms with van der Waals surface area (Å²) >= 11 is 0. The highest BCUT2D eigenvalue weighted by Gasteiger charge is 2.11. The number of nitrogens with one attached hydrogen (secondary N) is 2. The van der Waals surface area contributed by atoms with Crippen molar-refractivity contribution in [3.63, 3.8) is 0 Å². The normalized spacial score (nSPS) is 21.9. The van der Waals surface area contributed by atoms with Crippen molar-refractivity contribution in [1.82, 2.24) is 5.32 Å². The molecular weight excluding hydrogens is 183 g/mol. The zero-order valence-electron chi connectivity index (χ0n) is 7.79. The fourth-order valence-electron chi connectivity index (χ4n) is 1.41. The lowest BCUT2D eigenvalue weighted by molar-refractivity contribution is 0.0849. The second-order valence-corrected chi connectivity index (χ2v) is 3.23. The summed E-state index contributed by atoms with van der Waals surface area (Å²) in [6.45, 7) is 2.23. The minimum atomic E-state index is -0.219. The van der Waals surface area contributed by atoms with Crippen molar-refractivity contribution < 1.29 is 9.13 Å². The van der Waals surface area contributed by atoms with Crippen molar-refractivity contribution in [3.05, 3.63) is 30.1 Å². The molecule has 3 nitrogen and oxygen atoms in total. The molecule has 1 fully saturated rings. The van der Waals surface area contributed by atoms with E-state index in [4.69, 9.17) is 4.74 Å². The van der Waals surface area contributed by atoms with Crippen LogP contribution in [0.2, 0.25) is 0 Å². The van der Waals surface area contributed by atoms with E-state index in [-0.39, 0.29) is 12.0 Å². The van der Waals surface area contributed by atoms with Crippen molar-refractivity contribution in [2.75, 3.05) is 25.1 Å². The van der Waals surface area contributed by atoms with Gasteiger partial charge >= 0.3 is 0 Å². The largest absolute Gasteiger partial charge is 0.377 e. The van der Waals surface area contributed by atoms with E-state index in [0.717, 1.165) is 18.8 Å². The molecule has 1 aliphatic rings. The van der Waals surface area contributed by atoms with Gasteiger partial charge in [-0.05, 0) is 24.3 Å². The van der Waals surface area contributed by atoms with Crippen LogP contribution in [-0.2, 0) is 4.74 Å². The molecule has 1 aromatic carbocycles. The van der Waals surface area contributed by atoms with E-state index >= 15 is 0 Å². The van der Waals surface area contributed by atoms with Gasteiger partial charge in [-0.25, -0.2) is 4.39 Å². The van der Waals surface area contributed by atoms with Crippen LogP contribution in [0.1, 0.15) is 0 Å². The first-order valence-corrected chi connectivity index (χ1v) is 4.68. The summed E-state index contributed by atoms with van der Waals surface area (Å²) in [5.74, 6) is -0.219. The van der Waals surface area contributed by atoms with Crippen LogP contribution in [0.5, 0.6) is 0 Å². The van der Waals surface area contributed by atoms with Gasteiger partial charge in [0.25, 0.3) is 0 Å². The maximum absolute atomic E-state index is 12.6. The van der Waals surface area contributed by atoms with Gasteiger partial charge in [-0.1, -0.05) is 0 Å². The number of hydrogen-bond acceptors (Lipinski definition) is 3. The number of anilines is 1. The van der Waals surface area contributed by atoms with Crippen LogP contribution in [0.3, 0.4) is 0 Å². The SMILES string of the molecule is Fc1ccc(NC2COCCN2)cc1. The zero-order chi connectivity index (χ0) is 9.80. The molecule has 1 aliphatic heterocycles. The third kappa shape index (κ3) is 2.43. The van der Waals surface area contributed by atoms with Crippen molar-refractivity contribution in [2.45, 2.75) is 6.17 Å². The Balaban J connectivity index is 1.92. The lowest BCUT2D eigenvalue weighted by atomic mass is 10.3. The Morgan fingerprint density at radius 2 is 2.14 bits per heavy atom. The molecule has 1 heterocycles. The van der Waals surface area contributed by atoms with Crippen LogP contribution in [0.25, 0.3) is 0 Å². The van der Waals surface area contributed by atoms with Crippen molar-refractivity contribution in [2.24, 2.45) is 0 Å². The first kappa shape index (κ1) is 9.43. The summed E-state index contributed by atoms with van der Waals surface area (Å²) in [6, 6.07) is 6.30. The smallest absolute Gasteiger partial charge is 0.123 e. The summed E-state index contributed by atoms with van der Waals surface area (Å²) in [5, 5.41) is 6.46. The molecule has 1 aromatic rings. The van der Waals surface area contributed by atoms with Gasteiger partial charge in [0, 0.05) is 12.2 Å². The maximum Gasteiger partial charge on any atom is 0.123 e. The Hall–Kier alpha value is -1.13. The molecule has 4 heteroatoms. The summed E-state index contributed by atoms with van der Waals surface area (Å²) < 4.78 is 17.9. The van der Waals surface area contributed by atoms with Gasteiger partial charge < -0.3 is 10.1 Å². The van der Waals surface area contributed by atoms with Crippen molar-refractivity contribution >= 4 is 5.69 Å². The van der Waals surface area contributed by atoms with Crippen molar-refractivity contribution in [3.8, 4) is 0 Å². The molecule has 0 bridgehead atoms. The monoisotopic (exact) mass is 196 g/mol. The quantitative estimate of drug-likeness (QED) is 0.745. The summed E-state index contributed by atoms with van der Waals surface area (Å²) in [7, 11) is 0. The lowest BCUT2D eigenvalue weighted by Gasteiger charge is -2.25. The van der Waals surface area contributed by atoms with Crippen LogP contribution in [-0.4, -0.2) is 25.9 Å². The highest BCUT2D eigenvalue weighted by Crippen LogP contribution is 2.09. The molecule has 1 saturated heterocycles. The number of benzene rings is 1. The van der Waals surface area contributed by atoms with Crippen molar-refractivity contribution in [1.29, 1.82) is 0 Å². The van der Waals surface area contributed by atoms with E-state index in [1.807, 2.05) is 0 Å². The number of rotatable bonds is 2. The van der Waals surface area contributed by atoms with Gasteiger partial charge in [0.15, 0.2) is 0 Å². The Labute approximate surface area is 82.3 Å². The third-order valence-electron chi connectivity index (χ3n) is 2.11. The van der Waals surface area contributed by atoms with Gasteiger partial charge in [0.1, 0.15) is 12.0 Å². The highest BCUT2D eigenvalue weighted by molar-refractivity contribution is 5.43. The first-order chi connectivity index (χ1) is 6.84. The second-order valence-electron chi connectivity index (χ2n) is 3.23. The van der Waals surface area contributed by atoms with E-state index in [1.165, 1.54) is 12.1 Å². The number of halogens is 1. The van der Waals surface area contributed by atoms with Gasteiger partial charge in [0.2, 0.25) is 0 Å². The Bertz CT molecular complexity index is 283. The van der Waals surface area contributed by atoms with E-state index < -0.39 is 0 Å². The number of ether oxygens (including phenoxy) is 1. The molecular formula is C10H13FN2O. The molecule has 0 amide bonds. The number of hydrogen-bond donors (Lipinski definition) is 2. The standard InChI is InChI=1S/C10H13FN2O/c11-8-1-3-9(4-2-8)13-10-7-14-6-5-12-10/h1-4,10,12-13H,5-7H2. The second kappa shape index (κ2) is 4.39. The summed E-state index contributed by atoms with van der Waals surface area (Å²) in [4.78, 5) is 0. The minimum Gasteiger partial charge on any atom is -0.377 e. The minimum absolute atomic E-state index is 0.120. The Morgan fingerprint density at radius 3 is 2.79 bits per heavy atom. The number of morpholine rings is 1. The van der Waals surface area contributed by atoms with Gasteiger partial charge in [-0.3, -0.25) is 5.32 Å². The lowest BCUT2D eigenvalue weighted by Crippen LogP contribution is -2.46. The molecule has 2 rings (SSSR count).